The normalized spacial score (nSPS) is 23.6. The second-order valence-corrected chi connectivity index (χ2v) is 7.66. The average molecular weight is 378 g/mol. The number of esters is 1. The lowest BCUT2D eigenvalue weighted by molar-refractivity contribution is -0.134. The molecule has 0 unspecified atom stereocenters. The number of likely N-dealkylation sites (tertiary alicyclic amines) is 1. The molecular weight excluding hydrogens is 352 g/mol. The fourth-order valence-electron chi connectivity index (χ4n) is 5.18. The summed E-state index contributed by atoms with van der Waals surface area (Å²) in [6, 6.07) is 7.98. The van der Waals surface area contributed by atoms with Gasteiger partial charge in [0.05, 0.1) is 24.4 Å². The number of hydrogen-bond acceptors (Lipinski definition) is 5. The standard InChI is InChI=1S/C22H26N4O2/c1-3-22-10-6-12-25(14-24)20(22)19-16(9-11-23)15-7-4-5-8-17(15)26(19)18(13-22)21(27)28-2/h4-5,7-8,13,20H,3,6,9-12,23H2,1-2H3/t20-,22+/m1/s1. The molecule has 2 N–H and O–H groups in total. The molecule has 1 saturated heterocycles. The van der Waals surface area contributed by atoms with Gasteiger partial charge in [-0.15, -0.1) is 0 Å². The van der Waals surface area contributed by atoms with Gasteiger partial charge in [0.2, 0.25) is 0 Å². The van der Waals surface area contributed by atoms with Gasteiger partial charge in [0.15, 0.2) is 6.19 Å². The van der Waals surface area contributed by atoms with Crippen LogP contribution in [0.4, 0.5) is 0 Å². The topological polar surface area (TPSA) is 84.3 Å². The molecule has 0 spiro atoms. The Morgan fingerprint density at radius 3 is 2.89 bits per heavy atom. The number of nitriles is 1. The van der Waals surface area contributed by atoms with E-state index in [-0.39, 0.29) is 17.4 Å². The van der Waals surface area contributed by atoms with Crippen LogP contribution in [0.3, 0.4) is 0 Å². The number of rotatable bonds is 4. The number of aromatic nitrogens is 1. The summed E-state index contributed by atoms with van der Waals surface area (Å²) in [7, 11) is 1.42. The molecule has 1 fully saturated rings. The number of fused-ring (bicyclic) bond motifs is 5. The number of methoxy groups -OCH3 is 1. The van der Waals surface area contributed by atoms with E-state index in [2.05, 4.69) is 25.3 Å². The summed E-state index contributed by atoms with van der Waals surface area (Å²) in [5, 5.41) is 11.0. The Kier molecular flexibility index (Phi) is 4.64. The van der Waals surface area contributed by atoms with Crippen molar-refractivity contribution in [3.63, 3.8) is 0 Å². The van der Waals surface area contributed by atoms with Crippen molar-refractivity contribution in [2.24, 2.45) is 11.1 Å². The minimum atomic E-state index is -0.346. The smallest absolute Gasteiger partial charge is 0.354 e. The summed E-state index contributed by atoms with van der Waals surface area (Å²) in [5.74, 6) is -0.346. The molecule has 0 saturated carbocycles. The van der Waals surface area contributed by atoms with Gasteiger partial charge in [-0.05, 0) is 49.9 Å². The fourth-order valence-corrected chi connectivity index (χ4v) is 5.18. The maximum absolute atomic E-state index is 12.8. The third-order valence-electron chi connectivity index (χ3n) is 6.42. The second kappa shape index (κ2) is 6.99. The van der Waals surface area contributed by atoms with Crippen molar-refractivity contribution in [1.82, 2.24) is 9.47 Å². The Hall–Kier alpha value is -2.78. The van der Waals surface area contributed by atoms with E-state index in [0.717, 1.165) is 48.0 Å². The molecule has 2 aromatic rings. The van der Waals surface area contributed by atoms with Crippen molar-refractivity contribution in [2.45, 2.75) is 38.6 Å². The van der Waals surface area contributed by atoms with Gasteiger partial charge in [-0.3, -0.25) is 0 Å². The van der Waals surface area contributed by atoms with Crippen LogP contribution >= 0.6 is 0 Å². The Morgan fingerprint density at radius 1 is 1.43 bits per heavy atom. The molecule has 2 aliphatic heterocycles. The highest BCUT2D eigenvalue weighted by Crippen LogP contribution is 2.55. The van der Waals surface area contributed by atoms with Crippen molar-refractivity contribution in [2.75, 3.05) is 20.2 Å². The zero-order valence-corrected chi connectivity index (χ0v) is 16.4. The molecule has 28 heavy (non-hydrogen) atoms. The molecule has 2 atom stereocenters. The lowest BCUT2D eigenvalue weighted by Gasteiger charge is -2.49. The molecule has 146 valence electrons. The van der Waals surface area contributed by atoms with Gasteiger partial charge in [-0.2, -0.15) is 5.26 Å². The zero-order chi connectivity index (χ0) is 19.9. The lowest BCUT2D eigenvalue weighted by Crippen LogP contribution is -2.46. The van der Waals surface area contributed by atoms with Crippen LogP contribution < -0.4 is 5.73 Å². The molecule has 0 aliphatic carbocycles. The number of hydrogen-bond donors (Lipinski definition) is 1. The Morgan fingerprint density at radius 2 is 2.21 bits per heavy atom. The molecule has 6 heteroatoms. The third kappa shape index (κ3) is 2.46. The predicted molar refractivity (Wildman–Crippen MR) is 108 cm³/mol. The predicted octanol–water partition coefficient (Wildman–Crippen LogP) is 3.18. The van der Waals surface area contributed by atoms with Gasteiger partial charge < -0.3 is 19.9 Å². The van der Waals surface area contributed by atoms with Crippen LogP contribution in [-0.2, 0) is 16.0 Å². The largest absolute Gasteiger partial charge is 0.464 e. The van der Waals surface area contributed by atoms with Gasteiger partial charge in [0, 0.05) is 17.3 Å². The molecular formula is C22H26N4O2. The zero-order valence-electron chi connectivity index (χ0n) is 16.4. The maximum Gasteiger partial charge on any atom is 0.354 e. The highest BCUT2D eigenvalue weighted by Gasteiger charge is 2.49. The summed E-state index contributed by atoms with van der Waals surface area (Å²) in [6.07, 6.45) is 7.90. The molecule has 3 heterocycles. The first kappa shape index (κ1) is 18.6. The van der Waals surface area contributed by atoms with E-state index in [1.165, 1.54) is 7.11 Å². The molecule has 0 amide bonds. The SMILES string of the molecule is CC[C@]12C=C(C(=O)OC)n3c(c(CCN)c4ccccc43)[C@H]1N(C#N)CCC2. The van der Waals surface area contributed by atoms with Crippen molar-refractivity contribution in [3.05, 3.63) is 41.6 Å². The monoisotopic (exact) mass is 378 g/mol. The van der Waals surface area contributed by atoms with E-state index in [0.29, 0.717) is 18.7 Å². The third-order valence-corrected chi connectivity index (χ3v) is 6.42. The van der Waals surface area contributed by atoms with Gasteiger partial charge in [0.25, 0.3) is 0 Å². The molecule has 1 aromatic heterocycles. The van der Waals surface area contributed by atoms with Gasteiger partial charge in [-0.1, -0.05) is 25.1 Å². The summed E-state index contributed by atoms with van der Waals surface area (Å²) in [5.41, 5.74) is 9.38. The van der Waals surface area contributed by atoms with Crippen LogP contribution in [0.2, 0.25) is 0 Å². The van der Waals surface area contributed by atoms with E-state index in [9.17, 15) is 10.1 Å². The first-order valence-electron chi connectivity index (χ1n) is 9.92. The number of nitrogens with two attached hydrogens (primary N) is 1. The quantitative estimate of drug-likeness (QED) is 0.652. The maximum atomic E-state index is 12.8. The van der Waals surface area contributed by atoms with E-state index in [1.807, 2.05) is 27.7 Å². The van der Waals surface area contributed by atoms with Crippen molar-refractivity contribution >= 4 is 22.6 Å². The Labute approximate surface area is 165 Å². The van der Waals surface area contributed by atoms with E-state index in [4.69, 9.17) is 10.5 Å². The summed E-state index contributed by atoms with van der Waals surface area (Å²) < 4.78 is 7.17. The van der Waals surface area contributed by atoms with Crippen LogP contribution in [0.5, 0.6) is 0 Å². The number of piperidine rings is 1. The summed E-state index contributed by atoms with van der Waals surface area (Å²) >= 11 is 0. The van der Waals surface area contributed by atoms with Crippen LogP contribution in [0.25, 0.3) is 16.6 Å². The summed E-state index contributed by atoms with van der Waals surface area (Å²) in [4.78, 5) is 14.7. The van der Waals surface area contributed by atoms with Gasteiger partial charge in [0.1, 0.15) is 5.70 Å². The van der Waals surface area contributed by atoms with Crippen molar-refractivity contribution in [1.29, 1.82) is 5.26 Å². The lowest BCUT2D eigenvalue weighted by atomic mass is 9.67. The molecule has 4 rings (SSSR count). The Balaban J connectivity index is 2.12. The molecule has 0 bridgehead atoms. The first-order chi connectivity index (χ1) is 13.6. The fraction of sp³-hybridized carbons (Fsp3) is 0.455. The van der Waals surface area contributed by atoms with Crippen LogP contribution in [-0.4, -0.2) is 35.6 Å². The van der Waals surface area contributed by atoms with Crippen LogP contribution in [0.15, 0.2) is 30.3 Å². The van der Waals surface area contributed by atoms with E-state index >= 15 is 0 Å². The minimum Gasteiger partial charge on any atom is -0.464 e. The van der Waals surface area contributed by atoms with E-state index < -0.39 is 0 Å². The van der Waals surface area contributed by atoms with E-state index in [1.54, 1.807) is 0 Å². The highest BCUT2D eigenvalue weighted by atomic mass is 16.5. The minimum absolute atomic E-state index is 0.0985. The number of carbonyl (C=O) groups excluding carboxylic acids is 1. The van der Waals surface area contributed by atoms with Gasteiger partial charge in [-0.25, -0.2) is 4.79 Å². The highest BCUT2D eigenvalue weighted by molar-refractivity contribution is 6.13. The molecule has 6 nitrogen and oxygen atoms in total. The van der Waals surface area contributed by atoms with Crippen LogP contribution in [0, 0.1) is 16.9 Å². The number of benzene rings is 1. The van der Waals surface area contributed by atoms with Gasteiger partial charge >= 0.3 is 5.97 Å². The number of nitrogens with zero attached hydrogens (tertiary/aromatic N) is 3. The number of para-hydroxylation sites is 1. The van der Waals surface area contributed by atoms with Crippen molar-refractivity contribution < 1.29 is 9.53 Å². The first-order valence-corrected chi connectivity index (χ1v) is 9.92. The number of carbonyl (C=O) groups is 1. The molecule has 2 aliphatic rings. The number of ether oxygens (including phenoxy) is 1. The second-order valence-electron chi connectivity index (χ2n) is 7.66. The Bertz CT molecular complexity index is 1000. The van der Waals surface area contributed by atoms with Crippen molar-refractivity contribution in [3.8, 4) is 6.19 Å². The average Bonchev–Trinajstić information content (AvgIpc) is 3.06. The summed E-state index contributed by atoms with van der Waals surface area (Å²) in [6.45, 7) is 3.38. The molecule has 0 radical (unpaired) electrons. The molecule has 1 aromatic carbocycles. The van der Waals surface area contributed by atoms with Crippen LogP contribution in [0.1, 0.15) is 43.5 Å².